The molecule has 0 saturated carbocycles. The van der Waals surface area contributed by atoms with Gasteiger partial charge in [-0.25, -0.2) is 9.48 Å². The Morgan fingerprint density at radius 2 is 1.80 bits per heavy atom. The van der Waals surface area contributed by atoms with E-state index in [0.717, 1.165) is 5.56 Å². The molecule has 0 atom stereocenters. The number of aromatic nitrogens is 4. The van der Waals surface area contributed by atoms with Gasteiger partial charge in [0.15, 0.2) is 5.58 Å². The average Bonchev–Trinajstić information content (AvgIpc) is 3.04. The third-order valence-electron chi connectivity index (χ3n) is 5.23. The summed E-state index contributed by atoms with van der Waals surface area (Å²) in [6, 6.07) is 13.6. The van der Waals surface area contributed by atoms with Crippen LogP contribution >= 0.6 is 0 Å². The van der Waals surface area contributed by atoms with Crippen molar-refractivity contribution >= 4 is 17.0 Å². The van der Waals surface area contributed by atoms with E-state index < -0.39 is 5.76 Å². The first kappa shape index (κ1) is 18.0. The number of hydrogen-bond acceptors (Lipinski definition) is 6. The number of carbonyl (C=O) groups excluding carboxylic acids is 1. The van der Waals surface area contributed by atoms with E-state index in [1.165, 1.54) is 15.3 Å². The number of oxazole rings is 1. The lowest BCUT2D eigenvalue weighted by Crippen LogP contribution is -2.54. The maximum Gasteiger partial charge on any atom is 0.420 e. The third-order valence-corrected chi connectivity index (χ3v) is 5.23. The lowest BCUT2D eigenvalue weighted by atomic mass is 10.1. The molecule has 0 radical (unpaired) electrons. The second-order valence-corrected chi connectivity index (χ2v) is 7.11. The predicted molar refractivity (Wildman–Crippen MR) is 108 cm³/mol. The van der Waals surface area contributed by atoms with Gasteiger partial charge in [0.05, 0.1) is 17.3 Å². The molecule has 1 aliphatic heterocycles. The SMILES string of the molecule is O=C(Cn1c(=O)oc2ccccc21)N1CC(n2nc(-c3ccncc3)ccc2=O)C1. The quantitative estimate of drug-likeness (QED) is 0.509. The van der Waals surface area contributed by atoms with Crippen molar-refractivity contribution in [3.63, 3.8) is 0 Å². The Bertz CT molecular complexity index is 1350. The zero-order chi connectivity index (χ0) is 20.7. The van der Waals surface area contributed by atoms with Crippen molar-refractivity contribution in [3.8, 4) is 11.3 Å². The van der Waals surface area contributed by atoms with Crippen LogP contribution in [0.3, 0.4) is 0 Å². The summed E-state index contributed by atoms with van der Waals surface area (Å²) in [6.07, 6.45) is 3.33. The average molecular weight is 403 g/mol. The highest BCUT2D eigenvalue weighted by molar-refractivity contribution is 5.80. The van der Waals surface area contributed by atoms with Gasteiger partial charge in [-0.1, -0.05) is 12.1 Å². The van der Waals surface area contributed by atoms with Crippen LogP contribution < -0.4 is 11.3 Å². The van der Waals surface area contributed by atoms with Crippen molar-refractivity contribution in [1.82, 2.24) is 24.2 Å². The molecule has 9 heteroatoms. The Kier molecular flexibility index (Phi) is 4.27. The van der Waals surface area contributed by atoms with Crippen LogP contribution in [0.1, 0.15) is 6.04 Å². The maximum atomic E-state index is 12.6. The van der Waals surface area contributed by atoms with Crippen LogP contribution in [-0.2, 0) is 11.3 Å². The van der Waals surface area contributed by atoms with Crippen molar-refractivity contribution in [1.29, 1.82) is 0 Å². The molecule has 0 N–H and O–H groups in total. The Balaban J connectivity index is 1.31. The molecule has 150 valence electrons. The highest BCUT2D eigenvalue weighted by Crippen LogP contribution is 2.22. The normalized spacial score (nSPS) is 14.1. The summed E-state index contributed by atoms with van der Waals surface area (Å²) in [7, 11) is 0. The number of para-hydroxylation sites is 2. The van der Waals surface area contributed by atoms with Crippen LogP contribution in [-0.4, -0.2) is 43.2 Å². The van der Waals surface area contributed by atoms with E-state index in [9.17, 15) is 14.4 Å². The summed E-state index contributed by atoms with van der Waals surface area (Å²) in [5.74, 6) is -0.775. The Morgan fingerprint density at radius 3 is 2.60 bits per heavy atom. The molecule has 5 rings (SSSR count). The van der Waals surface area contributed by atoms with E-state index in [1.54, 1.807) is 47.6 Å². The minimum atomic E-state index is -0.565. The Hall–Kier alpha value is -4.01. The fourth-order valence-corrected chi connectivity index (χ4v) is 3.58. The number of benzene rings is 1. The molecule has 1 fully saturated rings. The molecular formula is C21H17N5O4. The molecule has 9 nitrogen and oxygen atoms in total. The first-order valence-electron chi connectivity index (χ1n) is 9.46. The predicted octanol–water partition coefficient (Wildman–Crippen LogP) is 1.30. The number of amides is 1. The maximum absolute atomic E-state index is 12.6. The second-order valence-electron chi connectivity index (χ2n) is 7.11. The van der Waals surface area contributed by atoms with Gasteiger partial charge in [0, 0.05) is 37.1 Å². The van der Waals surface area contributed by atoms with Gasteiger partial charge >= 0.3 is 5.76 Å². The zero-order valence-electron chi connectivity index (χ0n) is 15.8. The molecule has 1 aliphatic rings. The van der Waals surface area contributed by atoms with Gasteiger partial charge in [-0.05, 0) is 30.3 Å². The molecule has 0 aliphatic carbocycles. The first-order chi connectivity index (χ1) is 14.6. The standard InChI is InChI=1S/C21H17N5O4/c27-19-6-5-16(14-7-9-22-10-8-14)23-26(19)15-11-24(12-15)20(28)13-25-17-3-1-2-4-18(17)30-21(25)29/h1-10,15H,11-13H2. The van der Waals surface area contributed by atoms with Crippen molar-refractivity contribution < 1.29 is 9.21 Å². The number of pyridine rings is 1. The third kappa shape index (κ3) is 3.10. The lowest BCUT2D eigenvalue weighted by Gasteiger charge is -2.39. The molecule has 0 spiro atoms. The smallest absolute Gasteiger partial charge is 0.408 e. The van der Waals surface area contributed by atoms with E-state index in [1.807, 2.05) is 12.1 Å². The van der Waals surface area contributed by atoms with Crippen LogP contribution in [0, 0.1) is 0 Å². The Morgan fingerprint density at radius 1 is 1.03 bits per heavy atom. The van der Waals surface area contributed by atoms with Gasteiger partial charge in [-0.15, -0.1) is 0 Å². The fourth-order valence-electron chi connectivity index (χ4n) is 3.58. The number of carbonyl (C=O) groups is 1. The van der Waals surface area contributed by atoms with Gasteiger partial charge in [0.2, 0.25) is 5.91 Å². The summed E-state index contributed by atoms with van der Waals surface area (Å²) in [5.41, 5.74) is 2.33. The summed E-state index contributed by atoms with van der Waals surface area (Å²) < 4.78 is 7.90. The minimum Gasteiger partial charge on any atom is -0.408 e. The number of likely N-dealkylation sites (tertiary alicyclic amines) is 1. The van der Waals surface area contributed by atoms with E-state index in [0.29, 0.717) is 29.9 Å². The minimum absolute atomic E-state index is 0.109. The number of hydrogen-bond donors (Lipinski definition) is 0. The van der Waals surface area contributed by atoms with Gasteiger partial charge in [-0.3, -0.25) is 19.1 Å². The molecule has 1 saturated heterocycles. The van der Waals surface area contributed by atoms with Crippen LogP contribution in [0.25, 0.3) is 22.4 Å². The van der Waals surface area contributed by atoms with Gasteiger partial charge in [0.25, 0.3) is 5.56 Å². The van der Waals surface area contributed by atoms with Crippen LogP contribution in [0.5, 0.6) is 0 Å². The topological polar surface area (TPSA) is 103 Å². The van der Waals surface area contributed by atoms with Crippen molar-refractivity contribution in [2.75, 3.05) is 13.1 Å². The van der Waals surface area contributed by atoms with Crippen molar-refractivity contribution in [2.45, 2.75) is 12.6 Å². The van der Waals surface area contributed by atoms with Crippen molar-refractivity contribution in [2.24, 2.45) is 0 Å². The van der Waals surface area contributed by atoms with Crippen LogP contribution in [0.15, 0.2) is 74.9 Å². The molecule has 1 aromatic carbocycles. The number of fused-ring (bicyclic) bond motifs is 1. The van der Waals surface area contributed by atoms with Crippen LogP contribution in [0.2, 0.25) is 0 Å². The molecule has 30 heavy (non-hydrogen) atoms. The van der Waals surface area contributed by atoms with Crippen LogP contribution in [0.4, 0.5) is 0 Å². The molecule has 0 bridgehead atoms. The molecule has 1 amide bonds. The van der Waals surface area contributed by atoms with Crippen molar-refractivity contribution in [3.05, 3.63) is 81.8 Å². The second kappa shape index (κ2) is 7.11. The molecular weight excluding hydrogens is 386 g/mol. The molecule has 4 aromatic rings. The molecule has 3 aromatic heterocycles. The Labute approximate surface area is 169 Å². The summed E-state index contributed by atoms with van der Waals surface area (Å²) in [5, 5.41) is 4.46. The highest BCUT2D eigenvalue weighted by atomic mass is 16.4. The number of rotatable bonds is 4. The van der Waals surface area contributed by atoms with E-state index in [-0.39, 0.29) is 24.1 Å². The van der Waals surface area contributed by atoms with E-state index >= 15 is 0 Å². The summed E-state index contributed by atoms with van der Waals surface area (Å²) in [4.78, 5) is 42.6. The fraction of sp³-hybridized carbons (Fsp3) is 0.190. The first-order valence-corrected chi connectivity index (χ1v) is 9.46. The largest absolute Gasteiger partial charge is 0.420 e. The summed E-state index contributed by atoms with van der Waals surface area (Å²) >= 11 is 0. The monoisotopic (exact) mass is 403 g/mol. The van der Waals surface area contributed by atoms with E-state index in [4.69, 9.17) is 4.42 Å². The number of nitrogens with zero attached hydrogens (tertiary/aromatic N) is 5. The molecule has 0 unspecified atom stereocenters. The van der Waals surface area contributed by atoms with Gasteiger partial charge < -0.3 is 9.32 Å². The van der Waals surface area contributed by atoms with E-state index in [2.05, 4.69) is 10.1 Å². The van der Waals surface area contributed by atoms with Gasteiger partial charge in [-0.2, -0.15) is 5.10 Å². The lowest BCUT2D eigenvalue weighted by molar-refractivity contribution is -0.137. The highest BCUT2D eigenvalue weighted by Gasteiger charge is 2.33. The summed E-state index contributed by atoms with van der Waals surface area (Å²) in [6.45, 7) is 0.605. The van der Waals surface area contributed by atoms with Gasteiger partial charge in [0.1, 0.15) is 6.54 Å². The zero-order valence-corrected chi connectivity index (χ0v) is 15.8. The molecule has 4 heterocycles.